The molecule has 1 aromatic heterocycles. The molecule has 1 heterocycles. The van der Waals surface area contributed by atoms with E-state index in [0.29, 0.717) is 22.6 Å². The van der Waals surface area contributed by atoms with Crippen LogP contribution >= 0.6 is 0 Å². The summed E-state index contributed by atoms with van der Waals surface area (Å²) >= 11 is 0. The summed E-state index contributed by atoms with van der Waals surface area (Å²) in [6.45, 7) is 7.42. The summed E-state index contributed by atoms with van der Waals surface area (Å²) in [6.07, 6.45) is 0. The number of ketones is 1. The van der Waals surface area contributed by atoms with Gasteiger partial charge in [-0.2, -0.15) is 0 Å². The number of anilines is 1. The molecule has 3 aromatic rings. The zero-order valence-corrected chi connectivity index (χ0v) is 16.3. The van der Waals surface area contributed by atoms with Crippen molar-refractivity contribution < 1.29 is 18.8 Å². The van der Waals surface area contributed by atoms with Gasteiger partial charge in [-0.05, 0) is 69.2 Å². The summed E-state index contributed by atoms with van der Waals surface area (Å²) < 4.78 is 11.1. The number of hydrogen-bond donors (Lipinski definition) is 1. The number of aryl methyl sites for hydroxylation is 2. The second-order valence-electron chi connectivity index (χ2n) is 6.64. The van der Waals surface area contributed by atoms with E-state index in [1.54, 1.807) is 31.2 Å². The molecule has 6 nitrogen and oxygen atoms in total. The Labute approximate surface area is 163 Å². The van der Waals surface area contributed by atoms with Crippen LogP contribution in [0.15, 0.2) is 47.0 Å². The van der Waals surface area contributed by atoms with Crippen LogP contribution in [-0.4, -0.2) is 16.8 Å². The molecule has 144 valence electrons. The van der Waals surface area contributed by atoms with E-state index in [9.17, 15) is 9.59 Å². The third-order valence-corrected chi connectivity index (χ3v) is 4.68. The third kappa shape index (κ3) is 4.11. The quantitative estimate of drug-likeness (QED) is 0.632. The van der Waals surface area contributed by atoms with Gasteiger partial charge in [-0.1, -0.05) is 17.3 Å². The van der Waals surface area contributed by atoms with Gasteiger partial charge in [-0.25, -0.2) is 0 Å². The Morgan fingerprint density at radius 3 is 2.46 bits per heavy atom. The van der Waals surface area contributed by atoms with Crippen LogP contribution in [0.5, 0.6) is 5.75 Å². The van der Waals surface area contributed by atoms with Gasteiger partial charge in [0, 0.05) is 11.3 Å². The monoisotopic (exact) mass is 378 g/mol. The van der Waals surface area contributed by atoms with Gasteiger partial charge in [-0.3, -0.25) is 9.59 Å². The summed E-state index contributed by atoms with van der Waals surface area (Å²) in [7, 11) is 0. The average Bonchev–Trinajstić information content (AvgIpc) is 3.04. The Morgan fingerprint density at radius 2 is 1.79 bits per heavy atom. The predicted molar refractivity (Wildman–Crippen MR) is 106 cm³/mol. The van der Waals surface area contributed by atoms with Gasteiger partial charge in [-0.15, -0.1) is 0 Å². The molecule has 0 unspecified atom stereocenters. The minimum atomic E-state index is -0.396. The Morgan fingerprint density at radius 1 is 1.07 bits per heavy atom. The van der Waals surface area contributed by atoms with E-state index in [4.69, 9.17) is 9.26 Å². The summed E-state index contributed by atoms with van der Waals surface area (Å²) in [6, 6.07) is 12.5. The van der Waals surface area contributed by atoms with Gasteiger partial charge in [0.15, 0.2) is 11.5 Å². The molecule has 28 heavy (non-hydrogen) atoms. The number of hydrogen-bond acceptors (Lipinski definition) is 5. The highest BCUT2D eigenvalue weighted by molar-refractivity contribution is 6.04. The van der Waals surface area contributed by atoms with Gasteiger partial charge in [0.2, 0.25) is 0 Å². The number of Topliss-reactive ketones (excluding diaryl/α,β-unsaturated/α-hetero) is 1. The highest BCUT2D eigenvalue weighted by atomic mass is 16.5. The molecule has 0 radical (unpaired) electrons. The van der Waals surface area contributed by atoms with E-state index < -0.39 is 5.91 Å². The van der Waals surface area contributed by atoms with Crippen molar-refractivity contribution in [3.05, 3.63) is 76.2 Å². The smallest absolute Gasteiger partial charge is 0.278 e. The van der Waals surface area contributed by atoms with Crippen molar-refractivity contribution in [3.8, 4) is 5.75 Å². The fraction of sp³-hybridized carbons (Fsp3) is 0.227. The van der Waals surface area contributed by atoms with Crippen molar-refractivity contribution in [1.82, 2.24) is 5.16 Å². The molecule has 0 saturated carbocycles. The van der Waals surface area contributed by atoms with Crippen LogP contribution in [0, 0.1) is 20.8 Å². The Hall–Kier alpha value is -3.41. The van der Waals surface area contributed by atoms with E-state index in [1.165, 1.54) is 6.92 Å². The van der Waals surface area contributed by atoms with Crippen molar-refractivity contribution in [2.75, 3.05) is 5.32 Å². The van der Waals surface area contributed by atoms with Crippen LogP contribution < -0.4 is 10.1 Å². The highest BCUT2D eigenvalue weighted by Crippen LogP contribution is 2.24. The molecule has 1 amide bonds. The lowest BCUT2D eigenvalue weighted by molar-refractivity contribution is 0.101. The summed E-state index contributed by atoms with van der Waals surface area (Å²) in [5, 5.41) is 6.66. The summed E-state index contributed by atoms with van der Waals surface area (Å²) in [4.78, 5) is 24.0. The molecule has 1 N–H and O–H groups in total. The molecule has 0 aliphatic heterocycles. The Kier molecular flexibility index (Phi) is 5.59. The van der Waals surface area contributed by atoms with E-state index in [-0.39, 0.29) is 18.1 Å². The standard InChI is InChI=1S/C22H22N2O4/c1-13-6-5-7-20(14(13)2)27-12-19-16(4)28-24-21(19)22(26)23-18-10-8-17(9-11-18)15(3)25/h5-11H,12H2,1-4H3,(H,23,26). The largest absolute Gasteiger partial charge is 0.488 e. The second kappa shape index (κ2) is 8.08. The van der Waals surface area contributed by atoms with E-state index in [1.807, 2.05) is 32.0 Å². The first-order valence-corrected chi connectivity index (χ1v) is 8.93. The highest BCUT2D eigenvalue weighted by Gasteiger charge is 2.21. The zero-order chi connectivity index (χ0) is 20.3. The van der Waals surface area contributed by atoms with Gasteiger partial charge in [0.25, 0.3) is 5.91 Å². The van der Waals surface area contributed by atoms with Crippen molar-refractivity contribution in [3.63, 3.8) is 0 Å². The van der Waals surface area contributed by atoms with E-state index in [2.05, 4.69) is 10.5 Å². The van der Waals surface area contributed by atoms with Gasteiger partial charge in [0.1, 0.15) is 18.1 Å². The van der Waals surface area contributed by atoms with E-state index in [0.717, 1.165) is 16.9 Å². The minimum Gasteiger partial charge on any atom is -0.488 e. The lowest BCUT2D eigenvalue weighted by Gasteiger charge is -2.11. The molecule has 0 atom stereocenters. The van der Waals surface area contributed by atoms with Crippen LogP contribution in [-0.2, 0) is 6.61 Å². The van der Waals surface area contributed by atoms with Crippen molar-refractivity contribution in [2.45, 2.75) is 34.3 Å². The minimum absolute atomic E-state index is 0.0316. The molecule has 0 fully saturated rings. The maximum atomic E-state index is 12.6. The van der Waals surface area contributed by atoms with Crippen LogP contribution in [0.3, 0.4) is 0 Å². The number of benzene rings is 2. The van der Waals surface area contributed by atoms with Crippen LogP contribution in [0.1, 0.15) is 50.2 Å². The lowest BCUT2D eigenvalue weighted by Crippen LogP contribution is -2.15. The molecule has 2 aromatic carbocycles. The summed E-state index contributed by atoms with van der Waals surface area (Å²) in [5.74, 6) is 0.858. The number of amides is 1. The second-order valence-corrected chi connectivity index (χ2v) is 6.64. The molecule has 0 aliphatic rings. The zero-order valence-electron chi connectivity index (χ0n) is 16.3. The fourth-order valence-corrected chi connectivity index (χ4v) is 2.75. The fourth-order valence-electron chi connectivity index (χ4n) is 2.75. The lowest BCUT2D eigenvalue weighted by atomic mass is 10.1. The van der Waals surface area contributed by atoms with Crippen molar-refractivity contribution in [1.29, 1.82) is 0 Å². The van der Waals surface area contributed by atoms with Crippen molar-refractivity contribution in [2.24, 2.45) is 0 Å². The number of ether oxygens (including phenoxy) is 1. The Bertz CT molecular complexity index is 1020. The molecule has 0 aliphatic carbocycles. The average molecular weight is 378 g/mol. The maximum absolute atomic E-state index is 12.6. The molecular weight excluding hydrogens is 356 g/mol. The first kappa shape index (κ1) is 19.4. The van der Waals surface area contributed by atoms with Crippen molar-refractivity contribution >= 4 is 17.4 Å². The molecule has 3 rings (SSSR count). The third-order valence-electron chi connectivity index (χ3n) is 4.68. The number of carbonyl (C=O) groups is 2. The van der Waals surface area contributed by atoms with Crippen LogP contribution in [0.2, 0.25) is 0 Å². The topological polar surface area (TPSA) is 81.4 Å². The van der Waals surface area contributed by atoms with Crippen LogP contribution in [0.4, 0.5) is 5.69 Å². The molecule has 0 spiro atoms. The number of nitrogens with zero attached hydrogens (tertiary/aromatic N) is 1. The van der Waals surface area contributed by atoms with E-state index >= 15 is 0 Å². The molecule has 0 saturated heterocycles. The molecule has 6 heteroatoms. The number of aromatic nitrogens is 1. The number of carbonyl (C=O) groups excluding carboxylic acids is 2. The Balaban J connectivity index is 1.75. The summed E-state index contributed by atoms with van der Waals surface area (Å²) in [5.41, 5.74) is 4.10. The number of nitrogens with one attached hydrogen (secondary N) is 1. The predicted octanol–water partition coefficient (Wildman–Crippen LogP) is 4.63. The SMILES string of the molecule is CC(=O)c1ccc(NC(=O)c2noc(C)c2COc2cccc(C)c2C)cc1. The van der Waals surface area contributed by atoms with Gasteiger partial charge >= 0.3 is 0 Å². The van der Waals surface area contributed by atoms with Gasteiger partial charge < -0.3 is 14.6 Å². The normalized spacial score (nSPS) is 10.6. The van der Waals surface area contributed by atoms with Gasteiger partial charge in [0.05, 0.1) is 5.56 Å². The van der Waals surface area contributed by atoms with Crippen LogP contribution in [0.25, 0.3) is 0 Å². The maximum Gasteiger partial charge on any atom is 0.278 e. The molecule has 0 bridgehead atoms. The molecular formula is C22H22N2O4. The number of rotatable bonds is 6. The first-order valence-electron chi connectivity index (χ1n) is 8.93. The first-order chi connectivity index (χ1) is 13.4.